The van der Waals surface area contributed by atoms with Crippen LogP contribution in [0.15, 0.2) is 30.3 Å². The Bertz CT molecular complexity index is 1210. The average molecular weight is 699 g/mol. The third-order valence-corrected chi connectivity index (χ3v) is 9.98. The van der Waals surface area contributed by atoms with Crippen molar-refractivity contribution in [1.29, 1.82) is 0 Å². The van der Waals surface area contributed by atoms with E-state index < -0.39 is 29.6 Å². The summed E-state index contributed by atoms with van der Waals surface area (Å²) >= 11 is 0. The first-order valence-electron chi connectivity index (χ1n) is 19.1. The van der Waals surface area contributed by atoms with Crippen LogP contribution >= 0.6 is 0 Å². The van der Waals surface area contributed by atoms with E-state index in [4.69, 9.17) is 4.74 Å². The van der Waals surface area contributed by atoms with Crippen LogP contribution in [0.5, 0.6) is 0 Å². The molecule has 1 saturated heterocycles. The monoisotopic (exact) mass is 699 g/mol. The van der Waals surface area contributed by atoms with E-state index in [1.165, 1.54) is 42.0 Å². The van der Waals surface area contributed by atoms with Crippen molar-refractivity contribution in [1.82, 2.24) is 31.3 Å². The number of carbonyl (C=O) groups excluding carboxylic acids is 4. The van der Waals surface area contributed by atoms with Crippen LogP contribution in [0.2, 0.25) is 0 Å². The van der Waals surface area contributed by atoms with Gasteiger partial charge < -0.3 is 25.6 Å². The second-order valence-electron chi connectivity index (χ2n) is 15.9. The third kappa shape index (κ3) is 13.8. The summed E-state index contributed by atoms with van der Waals surface area (Å²) in [4.78, 5) is 54.2. The molecule has 1 aromatic rings. The van der Waals surface area contributed by atoms with Crippen molar-refractivity contribution in [2.24, 2.45) is 11.8 Å². The third-order valence-electron chi connectivity index (χ3n) is 9.98. The number of hydrogen-bond acceptors (Lipinski definition) is 5. The van der Waals surface area contributed by atoms with Gasteiger partial charge in [-0.15, -0.1) is 0 Å². The van der Waals surface area contributed by atoms with Crippen LogP contribution in [0.1, 0.15) is 137 Å². The van der Waals surface area contributed by atoms with Crippen molar-refractivity contribution in [3.05, 3.63) is 35.9 Å². The molecule has 4 rings (SSSR count). The zero-order valence-corrected chi connectivity index (χ0v) is 31.9. The predicted octanol–water partition coefficient (Wildman–Crippen LogP) is 6.84. The van der Waals surface area contributed by atoms with Crippen LogP contribution in [-0.2, 0) is 14.3 Å². The highest BCUT2D eigenvalue weighted by atomic mass is 16.5. The number of likely N-dealkylation sites (tertiary alicyclic amines) is 1. The highest BCUT2D eigenvalue weighted by Crippen LogP contribution is 2.30. The van der Waals surface area contributed by atoms with Gasteiger partial charge in [-0.25, -0.2) is 14.6 Å². The maximum atomic E-state index is 13.4. The second-order valence-corrected chi connectivity index (χ2v) is 15.9. The normalized spacial score (nSPS) is 21.2. The molecule has 282 valence electrons. The number of benzene rings is 1. The maximum Gasteiger partial charge on any atom is 0.336 e. The molecule has 6 amide bonds. The summed E-state index contributed by atoms with van der Waals surface area (Å²) in [6.07, 6.45) is 13.3. The molecule has 0 bridgehead atoms. The Balaban J connectivity index is 0.000000857. The number of ether oxygens (including phenoxy) is 1. The molecule has 0 spiro atoms. The number of rotatable bonds is 10. The summed E-state index contributed by atoms with van der Waals surface area (Å²) in [5.74, 6) is 0.375. The number of nitrogens with zero attached hydrogens (tertiary/aromatic N) is 2. The number of nitrogens with one attached hydrogen (secondary N) is 4. The highest BCUT2D eigenvalue weighted by Gasteiger charge is 2.39. The van der Waals surface area contributed by atoms with Crippen molar-refractivity contribution < 1.29 is 23.9 Å². The fraction of sp³-hybridized carbons (Fsp3) is 0.744. The molecule has 2 aliphatic carbocycles. The van der Waals surface area contributed by atoms with Crippen LogP contribution < -0.4 is 21.4 Å². The first-order valence-corrected chi connectivity index (χ1v) is 19.1. The van der Waals surface area contributed by atoms with Crippen LogP contribution in [0.4, 0.5) is 9.59 Å². The van der Waals surface area contributed by atoms with Gasteiger partial charge in [0.05, 0.1) is 30.3 Å². The molecule has 50 heavy (non-hydrogen) atoms. The smallest absolute Gasteiger partial charge is 0.336 e. The molecule has 1 aliphatic heterocycles. The Morgan fingerprint density at radius 1 is 0.960 bits per heavy atom. The van der Waals surface area contributed by atoms with Gasteiger partial charge in [-0.05, 0) is 70.8 Å². The minimum Gasteiger partial charge on any atom is -0.373 e. The Morgan fingerprint density at radius 2 is 1.60 bits per heavy atom. The SMILES string of the molecule is CC1CCCCC1.CCCN(NC(=O)C1CC(C)CN1C(=O)CNC(=O)NC1(COC(C)(C)C)CCCCC1)C(=O)NC(C)c1ccccc1. The van der Waals surface area contributed by atoms with Crippen LogP contribution in [0.25, 0.3) is 0 Å². The molecule has 1 aromatic carbocycles. The number of hydrazine groups is 1. The van der Waals surface area contributed by atoms with Crippen molar-refractivity contribution in [3.63, 3.8) is 0 Å². The molecule has 3 unspecified atom stereocenters. The van der Waals surface area contributed by atoms with Crippen molar-refractivity contribution in [2.75, 3.05) is 26.2 Å². The lowest BCUT2D eigenvalue weighted by atomic mass is 9.82. The summed E-state index contributed by atoms with van der Waals surface area (Å²) in [6.45, 7) is 15.0. The van der Waals surface area contributed by atoms with Gasteiger partial charge in [0.2, 0.25) is 5.91 Å². The average Bonchev–Trinajstić information content (AvgIpc) is 3.49. The molecule has 1 heterocycles. The van der Waals surface area contributed by atoms with Gasteiger partial charge >= 0.3 is 12.1 Å². The van der Waals surface area contributed by atoms with Crippen LogP contribution in [0, 0.1) is 11.8 Å². The van der Waals surface area contributed by atoms with Gasteiger partial charge in [0.25, 0.3) is 5.91 Å². The van der Waals surface area contributed by atoms with E-state index in [9.17, 15) is 19.2 Å². The zero-order chi connectivity index (χ0) is 36.7. The summed E-state index contributed by atoms with van der Waals surface area (Å²) in [5, 5.41) is 10.0. The van der Waals surface area contributed by atoms with Gasteiger partial charge in [0.1, 0.15) is 6.04 Å². The van der Waals surface area contributed by atoms with E-state index in [1.807, 2.05) is 71.9 Å². The largest absolute Gasteiger partial charge is 0.373 e. The molecule has 11 nitrogen and oxygen atoms in total. The minimum atomic E-state index is -0.740. The van der Waals surface area contributed by atoms with E-state index in [0.29, 0.717) is 32.5 Å². The number of urea groups is 2. The fourth-order valence-corrected chi connectivity index (χ4v) is 7.04. The Hall–Kier alpha value is -3.34. The molecule has 3 atom stereocenters. The molecule has 4 N–H and O–H groups in total. The van der Waals surface area contributed by atoms with Crippen molar-refractivity contribution in [2.45, 2.75) is 149 Å². The van der Waals surface area contributed by atoms with Crippen LogP contribution in [-0.4, -0.2) is 77.2 Å². The summed E-state index contributed by atoms with van der Waals surface area (Å²) in [6, 6.07) is 7.76. The topological polar surface area (TPSA) is 132 Å². The van der Waals surface area contributed by atoms with E-state index in [-0.39, 0.29) is 30.0 Å². The van der Waals surface area contributed by atoms with Gasteiger partial charge in [0, 0.05) is 13.1 Å². The second kappa shape index (κ2) is 19.9. The molecular weight excluding hydrogens is 632 g/mol. The van der Waals surface area contributed by atoms with E-state index in [0.717, 1.165) is 43.6 Å². The van der Waals surface area contributed by atoms with E-state index in [2.05, 4.69) is 28.3 Å². The quantitative estimate of drug-likeness (QED) is 0.199. The Morgan fingerprint density at radius 3 is 2.18 bits per heavy atom. The fourth-order valence-electron chi connectivity index (χ4n) is 7.04. The minimum absolute atomic E-state index is 0.0973. The lowest BCUT2D eigenvalue weighted by molar-refractivity contribution is -0.139. The van der Waals surface area contributed by atoms with Gasteiger partial charge in [-0.2, -0.15) is 0 Å². The van der Waals surface area contributed by atoms with Crippen LogP contribution in [0.3, 0.4) is 0 Å². The first kappa shape index (κ1) is 41.1. The predicted molar refractivity (Wildman–Crippen MR) is 198 cm³/mol. The number of carbonyl (C=O) groups is 4. The summed E-state index contributed by atoms with van der Waals surface area (Å²) in [5.41, 5.74) is 2.91. The van der Waals surface area contributed by atoms with E-state index in [1.54, 1.807) is 0 Å². The zero-order valence-electron chi connectivity index (χ0n) is 31.9. The molecule has 0 aromatic heterocycles. The molecular formula is C39H66N6O5. The lowest BCUT2D eigenvalue weighted by Crippen LogP contribution is -2.58. The van der Waals surface area contributed by atoms with Gasteiger partial charge in [-0.3, -0.25) is 15.0 Å². The standard InChI is InChI=1S/C32H52N6O5.C7H14/c1-7-18-38(30(42)34-24(3)25-14-10-8-11-15-25)36-28(40)26-19-23(2)21-37(26)27(39)20-33-29(41)35-32(16-12-9-13-17-32)22-43-31(4,5)6;1-7-5-3-2-4-6-7/h8,10-11,14-15,23-24,26H,7,9,12-13,16-22H2,1-6H3,(H,34,42)(H,36,40)(H2,33,35,41);7H,2-6H2,1H3. The molecule has 0 radical (unpaired) electrons. The number of hydrogen-bond donors (Lipinski definition) is 4. The van der Waals surface area contributed by atoms with E-state index >= 15 is 0 Å². The first-order chi connectivity index (χ1) is 23.7. The summed E-state index contributed by atoms with van der Waals surface area (Å²) in [7, 11) is 0. The molecule has 2 saturated carbocycles. The van der Waals surface area contributed by atoms with Crippen molar-refractivity contribution >= 4 is 23.9 Å². The van der Waals surface area contributed by atoms with Gasteiger partial charge in [-0.1, -0.05) is 102 Å². The van der Waals surface area contributed by atoms with Crippen molar-refractivity contribution in [3.8, 4) is 0 Å². The number of amides is 6. The molecule has 3 aliphatic rings. The highest BCUT2D eigenvalue weighted by molar-refractivity contribution is 5.91. The maximum absolute atomic E-state index is 13.4. The van der Waals surface area contributed by atoms with Gasteiger partial charge in [0.15, 0.2) is 0 Å². The molecule has 3 fully saturated rings. The summed E-state index contributed by atoms with van der Waals surface area (Å²) < 4.78 is 6.05. The Labute approximate surface area is 301 Å². The Kier molecular flexibility index (Phi) is 16.3. The lowest BCUT2D eigenvalue weighted by Gasteiger charge is -2.39. The molecule has 11 heteroatoms.